The molecule has 0 saturated heterocycles. The minimum atomic E-state index is -0.463. The summed E-state index contributed by atoms with van der Waals surface area (Å²) in [4.78, 5) is 22.2. The summed E-state index contributed by atoms with van der Waals surface area (Å²) in [6.07, 6.45) is 5.89. The normalized spacial score (nSPS) is 10.1. The number of rotatable bonds is 2. The lowest BCUT2D eigenvalue weighted by molar-refractivity contribution is -0.140. The van der Waals surface area contributed by atoms with Crippen molar-refractivity contribution in [2.45, 2.75) is 6.92 Å². The molecule has 1 aromatic rings. The fourth-order valence-corrected chi connectivity index (χ4v) is 0.532. The summed E-state index contributed by atoms with van der Waals surface area (Å²) < 4.78 is 0. The van der Waals surface area contributed by atoms with Crippen LogP contribution in [0.5, 0.6) is 0 Å². The molecule has 1 aromatic heterocycles. The third-order valence-corrected chi connectivity index (χ3v) is 0.949. The topological polar surface area (TPSA) is 64.4 Å². The highest BCUT2D eigenvalue weighted by molar-refractivity contribution is 5.76. The van der Waals surface area contributed by atoms with Gasteiger partial charge in [-0.25, -0.2) is 4.79 Å². The third-order valence-electron chi connectivity index (χ3n) is 0.949. The van der Waals surface area contributed by atoms with E-state index in [1.54, 1.807) is 6.20 Å². The van der Waals surface area contributed by atoms with Gasteiger partial charge in [-0.05, 0) is 0 Å². The highest BCUT2D eigenvalue weighted by Crippen LogP contribution is 1.85. The van der Waals surface area contributed by atoms with Gasteiger partial charge in [0.1, 0.15) is 5.69 Å². The molecule has 0 aliphatic rings. The number of hydrogen-bond acceptors (Lipinski definition) is 5. The summed E-state index contributed by atoms with van der Waals surface area (Å²) in [5, 5.41) is 3.36. The zero-order chi connectivity index (χ0) is 8.81. The Morgan fingerprint density at radius 2 is 2.50 bits per heavy atom. The fourth-order valence-electron chi connectivity index (χ4n) is 0.532. The molecule has 0 bridgehead atoms. The van der Waals surface area contributed by atoms with Gasteiger partial charge < -0.3 is 4.84 Å². The summed E-state index contributed by atoms with van der Waals surface area (Å²) in [6.45, 7) is 1.27. The SMILES string of the molecule is CC(=O)ON=Cc1cnccn1. The van der Waals surface area contributed by atoms with Crippen molar-refractivity contribution >= 4 is 12.2 Å². The molecule has 0 atom stereocenters. The van der Waals surface area contributed by atoms with E-state index >= 15 is 0 Å². The van der Waals surface area contributed by atoms with Gasteiger partial charge in [0.25, 0.3) is 0 Å². The molecular formula is C7H7N3O2. The molecule has 0 aromatic carbocycles. The smallest absolute Gasteiger partial charge is 0.319 e. The molecule has 0 amide bonds. The van der Waals surface area contributed by atoms with Crippen LogP contribution in [0.25, 0.3) is 0 Å². The zero-order valence-corrected chi connectivity index (χ0v) is 6.47. The summed E-state index contributed by atoms with van der Waals surface area (Å²) >= 11 is 0. The van der Waals surface area contributed by atoms with Gasteiger partial charge in [-0.15, -0.1) is 0 Å². The Bertz CT molecular complexity index is 284. The Hall–Kier alpha value is -1.78. The predicted molar refractivity (Wildman–Crippen MR) is 41.4 cm³/mol. The van der Waals surface area contributed by atoms with Gasteiger partial charge >= 0.3 is 5.97 Å². The third kappa shape index (κ3) is 2.87. The maximum atomic E-state index is 10.3. The van der Waals surface area contributed by atoms with Gasteiger partial charge in [-0.2, -0.15) is 0 Å². The van der Waals surface area contributed by atoms with Crippen LogP contribution in [0.1, 0.15) is 12.6 Å². The van der Waals surface area contributed by atoms with Crippen LogP contribution in [0.3, 0.4) is 0 Å². The van der Waals surface area contributed by atoms with Crippen LogP contribution < -0.4 is 0 Å². The average molecular weight is 165 g/mol. The largest absolute Gasteiger partial charge is 0.331 e. The lowest BCUT2D eigenvalue weighted by Crippen LogP contribution is -1.93. The number of carbonyl (C=O) groups is 1. The van der Waals surface area contributed by atoms with Crippen LogP contribution in [0.15, 0.2) is 23.7 Å². The molecule has 1 rings (SSSR count). The molecule has 0 saturated carbocycles. The van der Waals surface area contributed by atoms with Crippen LogP contribution in [0.2, 0.25) is 0 Å². The standard InChI is InChI=1S/C7H7N3O2/c1-6(11)12-10-5-7-4-8-2-3-9-7/h2-5H,1H3. The molecule has 0 radical (unpaired) electrons. The van der Waals surface area contributed by atoms with Crippen LogP contribution in [-0.4, -0.2) is 22.2 Å². The molecule has 1 heterocycles. The fraction of sp³-hybridized carbons (Fsp3) is 0.143. The second-order valence-electron chi connectivity index (χ2n) is 1.95. The average Bonchev–Trinajstić information content (AvgIpc) is 2.05. The molecule has 0 aliphatic carbocycles. The molecule has 12 heavy (non-hydrogen) atoms. The van der Waals surface area contributed by atoms with Crippen molar-refractivity contribution in [3.63, 3.8) is 0 Å². The Labute approximate surface area is 69.1 Å². The van der Waals surface area contributed by atoms with E-state index in [2.05, 4.69) is 20.0 Å². The van der Waals surface area contributed by atoms with Crippen molar-refractivity contribution in [2.24, 2.45) is 5.16 Å². The van der Waals surface area contributed by atoms with Crippen molar-refractivity contribution in [1.82, 2.24) is 9.97 Å². The first kappa shape index (κ1) is 8.32. The Balaban J connectivity index is 2.52. The van der Waals surface area contributed by atoms with E-state index in [9.17, 15) is 4.79 Å². The molecule has 0 spiro atoms. The van der Waals surface area contributed by atoms with E-state index < -0.39 is 5.97 Å². The van der Waals surface area contributed by atoms with Crippen LogP contribution in [0.4, 0.5) is 0 Å². The van der Waals surface area contributed by atoms with E-state index in [0.29, 0.717) is 5.69 Å². The maximum Gasteiger partial charge on any atom is 0.331 e. The number of oxime groups is 1. The molecule has 5 heteroatoms. The van der Waals surface area contributed by atoms with Crippen molar-refractivity contribution in [3.05, 3.63) is 24.3 Å². The molecule has 0 aliphatic heterocycles. The molecule has 62 valence electrons. The van der Waals surface area contributed by atoms with Gasteiger partial charge in [0, 0.05) is 19.3 Å². The minimum absolute atomic E-state index is 0.463. The van der Waals surface area contributed by atoms with E-state index in [-0.39, 0.29) is 0 Å². The molecular weight excluding hydrogens is 158 g/mol. The minimum Gasteiger partial charge on any atom is -0.319 e. The van der Waals surface area contributed by atoms with E-state index in [1.165, 1.54) is 25.5 Å². The van der Waals surface area contributed by atoms with E-state index in [4.69, 9.17) is 0 Å². The van der Waals surface area contributed by atoms with Gasteiger partial charge in [-0.3, -0.25) is 9.97 Å². The monoisotopic (exact) mass is 165 g/mol. The van der Waals surface area contributed by atoms with Crippen LogP contribution in [0, 0.1) is 0 Å². The van der Waals surface area contributed by atoms with Gasteiger partial charge in [0.05, 0.1) is 12.4 Å². The zero-order valence-electron chi connectivity index (χ0n) is 6.47. The van der Waals surface area contributed by atoms with Crippen molar-refractivity contribution in [1.29, 1.82) is 0 Å². The first-order chi connectivity index (χ1) is 5.79. The van der Waals surface area contributed by atoms with E-state index in [0.717, 1.165) is 0 Å². The van der Waals surface area contributed by atoms with Crippen molar-refractivity contribution in [3.8, 4) is 0 Å². The number of hydrogen-bond donors (Lipinski definition) is 0. The van der Waals surface area contributed by atoms with Gasteiger partial charge in [-0.1, -0.05) is 5.16 Å². The summed E-state index contributed by atoms with van der Waals surface area (Å²) in [7, 11) is 0. The lowest BCUT2D eigenvalue weighted by atomic mass is 10.5. The summed E-state index contributed by atoms with van der Waals surface area (Å²) in [5.74, 6) is -0.463. The highest BCUT2D eigenvalue weighted by atomic mass is 16.7. The van der Waals surface area contributed by atoms with Crippen molar-refractivity contribution < 1.29 is 9.63 Å². The molecule has 5 nitrogen and oxygen atoms in total. The number of carbonyl (C=O) groups excluding carboxylic acids is 1. The maximum absolute atomic E-state index is 10.3. The number of aromatic nitrogens is 2. The van der Waals surface area contributed by atoms with Gasteiger partial charge in [0.15, 0.2) is 0 Å². The lowest BCUT2D eigenvalue weighted by Gasteiger charge is -1.89. The van der Waals surface area contributed by atoms with Gasteiger partial charge in [0.2, 0.25) is 0 Å². The second kappa shape index (κ2) is 4.17. The molecule has 0 unspecified atom stereocenters. The summed E-state index contributed by atoms with van der Waals surface area (Å²) in [5.41, 5.74) is 0.541. The molecule has 0 fully saturated rings. The van der Waals surface area contributed by atoms with Crippen LogP contribution in [-0.2, 0) is 9.63 Å². The Kier molecular flexibility index (Phi) is 2.89. The first-order valence-electron chi connectivity index (χ1n) is 3.26. The Morgan fingerprint density at radius 1 is 1.67 bits per heavy atom. The summed E-state index contributed by atoms with van der Waals surface area (Å²) in [6, 6.07) is 0. The van der Waals surface area contributed by atoms with Crippen LogP contribution >= 0.6 is 0 Å². The number of nitrogens with zero attached hydrogens (tertiary/aromatic N) is 3. The first-order valence-corrected chi connectivity index (χ1v) is 3.26. The predicted octanol–water partition coefficient (Wildman–Crippen LogP) is 0.374. The van der Waals surface area contributed by atoms with Crippen molar-refractivity contribution in [2.75, 3.05) is 0 Å². The molecule has 0 N–H and O–H groups in total. The second-order valence-corrected chi connectivity index (χ2v) is 1.95. The highest BCUT2D eigenvalue weighted by Gasteiger charge is 1.88. The van der Waals surface area contributed by atoms with E-state index in [1.807, 2.05) is 0 Å². The Morgan fingerprint density at radius 3 is 3.08 bits per heavy atom. The quantitative estimate of drug-likeness (QED) is 0.361.